The van der Waals surface area contributed by atoms with Gasteiger partial charge in [-0.05, 0) is 24.8 Å². The number of aromatic hydroxyl groups is 1. The standard InChI is InChI=1S/C13H16N2O3/c1-8(2)3-4-10-9-5-13(18-7-16)12(17)6-11(9)15-14-10/h5-8,17H,3-4H2,1-2H3,(H,14,15). The number of aryl methyl sites for hydroxylation is 1. The number of rotatable bonds is 5. The molecule has 0 aliphatic rings. The van der Waals surface area contributed by atoms with E-state index in [1.807, 2.05) is 0 Å². The molecule has 0 amide bonds. The van der Waals surface area contributed by atoms with Gasteiger partial charge in [-0.1, -0.05) is 13.8 Å². The summed E-state index contributed by atoms with van der Waals surface area (Å²) in [5, 5.41) is 17.6. The maximum Gasteiger partial charge on any atom is 0.298 e. The van der Waals surface area contributed by atoms with Crippen molar-refractivity contribution in [3.63, 3.8) is 0 Å². The van der Waals surface area contributed by atoms with Gasteiger partial charge in [-0.15, -0.1) is 0 Å². The molecule has 0 atom stereocenters. The van der Waals surface area contributed by atoms with Crippen molar-refractivity contribution < 1.29 is 14.6 Å². The third kappa shape index (κ3) is 2.45. The highest BCUT2D eigenvalue weighted by atomic mass is 16.5. The second kappa shape index (κ2) is 5.08. The molecule has 0 bridgehead atoms. The van der Waals surface area contributed by atoms with Crippen LogP contribution in [-0.4, -0.2) is 21.8 Å². The number of benzene rings is 1. The SMILES string of the molecule is CC(C)CCc1[nH]nc2cc(O)c(OC=O)cc12. The van der Waals surface area contributed by atoms with Crippen molar-refractivity contribution in [2.45, 2.75) is 26.7 Å². The molecule has 18 heavy (non-hydrogen) atoms. The number of phenolic OH excluding ortho intramolecular Hbond substituents is 1. The number of hydrogen-bond donors (Lipinski definition) is 2. The normalized spacial score (nSPS) is 11.1. The number of H-pyrrole nitrogens is 1. The van der Waals surface area contributed by atoms with Crippen LogP contribution in [0.3, 0.4) is 0 Å². The van der Waals surface area contributed by atoms with E-state index in [1.165, 1.54) is 6.07 Å². The van der Waals surface area contributed by atoms with E-state index < -0.39 is 0 Å². The van der Waals surface area contributed by atoms with E-state index >= 15 is 0 Å². The van der Waals surface area contributed by atoms with Crippen LogP contribution in [-0.2, 0) is 11.2 Å². The Bertz CT molecular complexity index is 561. The van der Waals surface area contributed by atoms with Crippen LogP contribution in [0.25, 0.3) is 10.9 Å². The lowest BCUT2D eigenvalue weighted by Gasteiger charge is -2.04. The minimum atomic E-state index is -0.0866. The summed E-state index contributed by atoms with van der Waals surface area (Å²) in [6, 6.07) is 3.13. The first-order chi connectivity index (χ1) is 8.61. The number of nitrogens with one attached hydrogen (secondary N) is 1. The Hall–Kier alpha value is -2.04. The Balaban J connectivity index is 2.37. The summed E-state index contributed by atoms with van der Waals surface area (Å²) >= 11 is 0. The first-order valence-electron chi connectivity index (χ1n) is 5.92. The van der Waals surface area contributed by atoms with E-state index in [-0.39, 0.29) is 11.5 Å². The van der Waals surface area contributed by atoms with Crippen LogP contribution >= 0.6 is 0 Å². The van der Waals surface area contributed by atoms with Crippen LogP contribution in [0.5, 0.6) is 11.5 Å². The third-order valence-corrected chi connectivity index (χ3v) is 2.86. The van der Waals surface area contributed by atoms with E-state index in [1.54, 1.807) is 6.07 Å². The molecule has 0 saturated carbocycles. The van der Waals surface area contributed by atoms with E-state index in [0.717, 1.165) is 23.9 Å². The minimum Gasteiger partial charge on any atom is -0.504 e. The molecule has 1 heterocycles. The molecule has 0 unspecified atom stereocenters. The zero-order valence-electron chi connectivity index (χ0n) is 10.4. The van der Waals surface area contributed by atoms with Gasteiger partial charge in [0.25, 0.3) is 6.47 Å². The summed E-state index contributed by atoms with van der Waals surface area (Å²) in [4.78, 5) is 10.3. The van der Waals surface area contributed by atoms with Crippen LogP contribution in [0.15, 0.2) is 12.1 Å². The number of aromatic amines is 1. The Morgan fingerprint density at radius 3 is 2.94 bits per heavy atom. The van der Waals surface area contributed by atoms with Crippen LogP contribution in [0.2, 0.25) is 0 Å². The van der Waals surface area contributed by atoms with Crippen LogP contribution in [0.4, 0.5) is 0 Å². The largest absolute Gasteiger partial charge is 0.504 e. The van der Waals surface area contributed by atoms with Gasteiger partial charge in [0.1, 0.15) is 0 Å². The molecule has 0 aliphatic heterocycles. The van der Waals surface area contributed by atoms with Crippen molar-refractivity contribution in [2.24, 2.45) is 5.92 Å². The van der Waals surface area contributed by atoms with Gasteiger partial charge in [-0.3, -0.25) is 9.89 Å². The molecular formula is C13H16N2O3. The summed E-state index contributed by atoms with van der Waals surface area (Å²) in [6.07, 6.45) is 1.92. The van der Waals surface area contributed by atoms with E-state index in [2.05, 4.69) is 24.0 Å². The highest BCUT2D eigenvalue weighted by molar-refractivity contribution is 5.85. The predicted molar refractivity (Wildman–Crippen MR) is 67.6 cm³/mol. The van der Waals surface area contributed by atoms with Gasteiger partial charge < -0.3 is 9.84 Å². The summed E-state index contributed by atoms with van der Waals surface area (Å²) in [5.74, 6) is 0.673. The van der Waals surface area contributed by atoms with Gasteiger partial charge in [0.05, 0.1) is 5.52 Å². The summed E-state index contributed by atoms with van der Waals surface area (Å²) in [5.41, 5.74) is 1.67. The smallest absolute Gasteiger partial charge is 0.298 e. The zero-order valence-corrected chi connectivity index (χ0v) is 10.4. The van der Waals surface area contributed by atoms with E-state index in [4.69, 9.17) is 4.74 Å². The Morgan fingerprint density at radius 1 is 1.50 bits per heavy atom. The summed E-state index contributed by atoms with van der Waals surface area (Å²) in [6.45, 7) is 4.62. The molecule has 5 heteroatoms. The molecule has 2 aromatic rings. The second-order valence-electron chi connectivity index (χ2n) is 4.69. The molecule has 0 saturated heterocycles. The Morgan fingerprint density at radius 2 is 2.28 bits per heavy atom. The quantitative estimate of drug-likeness (QED) is 0.797. The fourth-order valence-electron chi connectivity index (χ4n) is 1.85. The first-order valence-corrected chi connectivity index (χ1v) is 5.92. The molecule has 2 rings (SSSR count). The van der Waals surface area contributed by atoms with Gasteiger partial charge in [0, 0.05) is 17.1 Å². The topological polar surface area (TPSA) is 75.2 Å². The summed E-state index contributed by atoms with van der Waals surface area (Å²) < 4.78 is 4.72. The molecule has 2 N–H and O–H groups in total. The van der Waals surface area contributed by atoms with Crippen molar-refractivity contribution in [2.75, 3.05) is 0 Å². The second-order valence-corrected chi connectivity index (χ2v) is 4.69. The number of nitrogens with zero attached hydrogens (tertiary/aromatic N) is 1. The fourth-order valence-corrected chi connectivity index (χ4v) is 1.85. The molecule has 1 aromatic heterocycles. The maximum atomic E-state index is 10.3. The molecule has 0 spiro atoms. The van der Waals surface area contributed by atoms with Crippen LogP contribution < -0.4 is 4.74 Å². The lowest BCUT2D eigenvalue weighted by Crippen LogP contribution is -1.93. The number of carbonyl (C=O) groups excluding carboxylic acids is 1. The third-order valence-electron chi connectivity index (χ3n) is 2.86. The van der Waals surface area contributed by atoms with Crippen molar-refractivity contribution in [3.05, 3.63) is 17.8 Å². The molecule has 0 fully saturated rings. The van der Waals surface area contributed by atoms with E-state index in [9.17, 15) is 9.90 Å². The molecular weight excluding hydrogens is 232 g/mol. The monoisotopic (exact) mass is 248 g/mol. The van der Waals surface area contributed by atoms with Gasteiger partial charge in [-0.25, -0.2) is 0 Å². The Kier molecular flexibility index (Phi) is 3.50. The number of fused-ring (bicyclic) bond motifs is 1. The van der Waals surface area contributed by atoms with Crippen molar-refractivity contribution >= 4 is 17.4 Å². The molecule has 1 aromatic carbocycles. The van der Waals surface area contributed by atoms with Crippen LogP contribution in [0, 0.1) is 5.92 Å². The van der Waals surface area contributed by atoms with Crippen LogP contribution in [0.1, 0.15) is 26.0 Å². The van der Waals surface area contributed by atoms with Gasteiger partial charge >= 0.3 is 0 Å². The van der Waals surface area contributed by atoms with Gasteiger partial charge in [0.15, 0.2) is 11.5 Å². The van der Waals surface area contributed by atoms with E-state index in [0.29, 0.717) is 17.9 Å². The lowest BCUT2D eigenvalue weighted by atomic mass is 10.0. The highest BCUT2D eigenvalue weighted by Gasteiger charge is 2.11. The van der Waals surface area contributed by atoms with Crippen molar-refractivity contribution in [1.82, 2.24) is 10.2 Å². The molecule has 5 nitrogen and oxygen atoms in total. The van der Waals surface area contributed by atoms with Gasteiger partial charge in [-0.2, -0.15) is 5.10 Å². The number of aromatic nitrogens is 2. The Labute approximate surface area is 105 Å². The minimum absolute atomic E-state index is 0.0866. The first kappa shape index (κ1) is 12.4. The predicted octanol–water partition coefficient (Wildman–Crippen LogP) is 2.39. The van der Waals surface area contributed by atoms with Gasteiger partial charge in [0.2, 0.25) is 0 Å². The number of carbonyl (C=O) groups is 1. The molecule has 0 aliphatic carbocycles. The number of hydrogen-bond acceptors (Lipinski definition) is 4. The molecule has 96 valence electrons. The molecule has 0 radical (unpaired) electrons. The van der Waals surface area contributed by atoms with Crippen molar-refractivity contribution in [3.8, 4) is 11.5 Å². The highest BCUT2D eigenvalue weighted by Crippen LogP contribution is 2.32. The fraction of sp³-hybridized carbons (Fsp3) is 0.385. The maximum absolute atomic E-state index is 10.3. The zero-order chi connectivity index (χ0) is 13.1. The number of phenols is 1. The average molecular weight is 248 g/mol. The lowest BCUT2D eigenvalue weighted by molar-refractivity contribution is -0.120. The number of ether oxygens (including phenoxy) is 1. The van der Waals surface area contributed by atoms with Crippen molar-refractivity contribution in [1.29, 1.82) is 0 Å². The average Bonchev–Trinajstić information content (AvgIpc) is 2.69. The summed E-state index contributed by atoms with van der Waals surface area (Å²) in [7, 11) is 0.